The van der Waals surface area contributed by atoms with Gasteiger partial charge in [0, 0.05) is 30.4 Å². The molecule has 0 saturated heterocycles. The molecule has 0 aliphatic heterocycles. The Morgan fingerprint density at radius 3 is 2.64 bits per heavy atom. The van der Waals surface area contributed by atoms with Gasteiger partial charge in [-0.3, -0.25) is 4.79 Å². The van der Waals surface area contributed by atoms with Crippen LogP contribution in [0.25, 0.3) is 10.9 Å². The van der Waals surface area contributed by atoms with Crippen molar-refractivity contribution in [2.45, 2.75) is 19.9 Å². The predicted octanol–water partition coefficient (Wildman–Crippen LogP) is 3.77. The number of rotatable bonds is 5. The molecule has 0 saturated carbocycles. The van der Waals surface area contributed by atoms with E-state index in [1.165, 1.54) is 10.9 Å². The van der Waals surface area contributed by atoms with Gasteiger partial charge in [0.05, 0.1) is 0 Å². The Bertz CT molecular complexity index is 771. The fourth-order valence-electron chi connectivity index (χ4n) is 2.59. The minimum Gasteiger partial charge on any atom is -0.352 e. The monoisotopic (exact) mass is 292 g/mol. The zero-order valence-electron chi connectivity index (χ0n) is 12.8. The third kappa shape index (κ3) is 3.19. The van der Waals surface area contributed by atoms with Crippen molar-refractivity contribution >= 4 is 16.8 Å². The number of aromatic nitrogens is 1. The molecule has 3 aromatic rings. The summed E-state index contributed by atoms with van der Waals surface area (Å²) in [4.78, 5) is 12.0. The summed E-state index contributed by atoms with van der Waals surface area (Å²) in [5.74, 6) is -0.00244. The molecule has 22 heavy (non-hydrogen) atoms. The van der Waals surface area contributed by atoms with Crippen LogP contribution >= 0.6 is 0 Å². The van der Waals surface area contributed by atoms with E-state index in [1.807, 2.05) is 31.2 Å². The maximum atomic E-state index is 12.0. The second-order valence-electron chi connectivity index (χ2n) is 5.54. The molecule has 0 unspecified atom stereocenters. The van der Waals surface area contributed by atoms with E-state index in [2.05, 4.69) is 46.4 Å². The van der Waals surface area contributed by atoms with Gasteiger partial charge < -0.3 is 9.88 Å². The summed E-state index contributed by atoms with van der Waals surface area (Å²) in [7, 11) is 0. The molecule has 0 fully saturated rings. The van der Waals surface area contributed by atoms with E-state index >= 15 is 0 Å². The molecule has 0 aliphatic rings. The number of benzene rings is 2. The van der Waals surface area contributed by atoms with Crippen molar-refractivity contribution in [2.75, 3.05) is 6.54 Å². The van der Waals surface area contributed by atoms with Crippen molar-refractivity contribution in [3.8, 4) is 0 Å². The van der Waals surface area contributed by atoms with Crippen LogP contribution in [0.15, 0.2) is 60.8 Å². The lowest BCUT2D eigenvalue weighted by atomic mass is 10.1. The Morgan fingerprint density at radius 1 is 1.05 bits per heavy atom. The van der Waals surface area contributed by atoms with Crippen LogP contribution in [-0.2, 0) is 6.54 Å². The quantitative estimate of drug-likeness (QED) is 0.714. The van der Waals surface area contributed by atoms with Crippen molar-refractivity contribution in [3.05, 3.63) is 71.9 Å². The highest BCUT2D eigenvalue weighted by Crippen LogP contribution is 2.15. The first-order chi connectivity index (χ1) is 10.7. The van der Waals surface area contributed by atoms with E-state index in [0.717, 1.165) is 24.1 Å². The first-order valence-electron chi connectivity index (χ1n) is 7.63. The van der Waals surface area contributed by atoms with Crippen LogP contribution in [0.3, 0.4) is 0 Å². The molecule has 0 aliphatic carbocycles. The smallest absolute Gasteiger partial charge is 0.251 e. The highest BCUT2D eigenvalue weighted by atomic mass is 16.1. The van der Waals surface area contributed by atoms with Crippen LogP contribution in [-0.4, -0.2) is 17.0 Å². The number of carbonyl (C=O) groups excluding carboxylic acids is 1. The maximum Gasteiger partial charge on any atom is 0.251 e. The predicted molar refractivity (Wildman–Crippen MR) is 90.1 cm³/mol. The van der Waals surface area contributed by atoms with Crippen LogP contribution in [0.4, 0.5) is 0 Å². The van der Waals surface area contributed by atoms with Crippen molar-refractivity contribution in [1.82, 2.24) is 9.88 Å². The number of fused-ring (bicyclic) bond motifs is 1. The van der Waals surface area contributed by atoms with E-state index in [9.17, 15) is 4.79 Å². The molecule has 1 heterocycles. The van der Waals surface area contributed by atoms with Gasteiger partial charge in [0.2, 0.25) is 0 Å². The standard InChI is InChI=1S/C19H20N2O/c1-15-7-9-17(10-8-15)19(22)20-12-4-13-21-14-11-16-5-2-3-6-18(16)21/h2-3,5-11,14H,4,12-13H2,1H3,(H,20,22). The molecule has 3 rings (SSSR count). The van der Waals surface area contributed by atoms with Gasteiger partial charge in [-0.25, -0.2) is 0 Å². The van der Waals surface area contributed by atoms with Crippen LogP contribution in [0.5, 0.6) is 0 Å². The topological polar surface area (TPSA) is 34.0 Å². The number of para-hydroxylation sites is 1. The largest absolute Gasteiger partial charge is 0.352 e. The fraction of sp³-hybridized carbons (Fsp3) is 0.211. The van der Waals surface area contributed by atoms with E-state index < -0.39 is 0 Å². The third-order valence-electron chi connectivity index (χ3n) is 3.86. The molecule has 112 valence electrons. The van der Waals surface area contributed by atoms with Gasteiger partial charge in [0.15, 0.2) is 0 Å². The summed E-state index contributed by atoms with van der Waals surface area (Å²) < 4.78 is 2.23. The molecule has 2 aromatic carbocycles. The molecule has 1 aromatic heterocycles. The fourth-order valence-corrected chi connectivity index (χ4v) is 2.59. The number of hydrogen-bond acceptors (Lipinski definition) is 1. The molecule has 3 heteroatoms. The number of hydrogen-bond donors (Lipinski definition) is 1. The normalized spacial score (nSPS) is 10.8. The van der Waals surface area contributed by atoms with Gasteiger partial charge in [0.1, 0.15) is 0 Å². The lowest BCUT2D eigenvalue weighted by Crippen LogP contribution is -2.25. The maximum absolute atomic E-state index is 12.0. The minimum atomic E-state index is -0.00244. The first-order valence-corrected chi connectivity index (χ1v) is 7.63. The van der Waals surface area contributed by atoms with Gasteiger partial charge in [-0.1, -0.05) is 35.9 Å². The number of nitrogens with zero attached hydrogens (tertiary/aromatic N) is 1. The number of carbonyl (C=O) groups is 1. The van der Waals surface area contributed by atoms with Crippen molar-refractivity contribution < 1.29 is 4.79 Å². The Hall–Kier alpha value is -2.55. The average molecular weight is 292 g/mol. The summed E-state index contributed by atoms with van der Waals surface area (Å²) >= 11 is 0. The second kappa shape index (κ2) is 6.48. The first kappa shape index (κ1) is 14.4. The van der Waals surface area contributed by atoms with Crippen molar-refractivity contribution in [3.63, 3.8) is 0 Å². The summed E-state index contributed by atoms with van der Waals surface area (Å²) in [5.41, 5.74) is 3.13. The Morgan fingerprint density at radius 2 is 1.82 bits per heavy atom. The summed E-state index contributed by atoms with van der Waals surface area (Å²) in [6.45, 7) is 3.60. The van der Waals surface area contributed by atoms with E-state index in [0.29, 0.717) is 6.54 Å². The SMILES string of the molecule is Cc1ccc(C(=O)NCCCn2ccc3ccccc32)cc1. The third-order valence-corrected chi connectivity index (χ3v) is 3.86. The molecular weight excluding hydrogens is 272 g/mol. The summed E-state index contributed by atoms with van der Waals surface area (Å²) in [6, 6.07) is 18.1. The molecule has 1 N–H and O–H groups in total. The lowest BCUT2D eigenvalue weighted by Gasteiger charge is -2.07. The highest BCUT2D eigenvalue weighted by molar-refractivity contribution is 5.94. The lowest BCUT2D eigenvalue weighted by molar-refractivity contribution is 0.0953. The van der Waals surface area contributed by atoms with Gasteiger partial charge in [-0.2, -0.15) is 0 Å². The molecular formula is C19H20N2O. The highest BCUT2D eigenvalue weighted by Gasteiger charge is 2.04. The molecule has 0 atom stereocenters. The number of amides is 1. The zero-order valence-corrected chi connectivity index (χ0v) is 12.8. The van der Waals surface area contributed by atoms with Crippen LogP contribution in [0.2, 0.25) is 0 Å². The molecule has 0 radical (unpaired) electrons. The minimum absolute atomic E-state index is 0.00244. The Kier molecular flexibility index (Phi) is 4.24. The second-order valence-corrected chi connectivity index (χ2v) is 5.54. The van der Waals surface area contributed by atoms with E-state index in [1.54, 1.807) is 0 Å². The Labute approximate surface area is 130 Å². The molecule has 1 amide bonds. The van der Waals surface area contributed by atoms with Crippen LogP contribution in [0, 0.1) is 6.92 Å². The number of aryl methyl sites for hydroxylation is 2. The summed E-state index contributed by atoms with van der Waals surface area (Å²) in [6.07, 6.45) is 3.02. The van der Waals surface area contributed by atoms with Crippen molar-refractivity contribution in [1.29, 1.82) is 0 Å². The van der Waals surface area contributed by atoms with Crippen molar-refractivity contribution in [2.24, 2.45) is 0 Å². The summed E-state index contributed by atoms with van der Waals surface area (Å²) in [5, 5.41) is 4.23. The van der Waals surface area contributed by atoms with Gasteiger partial charge in [-0.15, -0.1) is 0 Å². The van der Waals surface area contributed by atoms with Gasteiger partial charge >= 0.3 is 0 Å². The van der Waals surface area contributed by atoms with E-state index in [4.69, 9.17) is 0 Å². The molecule has 0 bridgehead atoms. The molecule has 3 nitrogen and oxygen atoms in total. The van der Waals surface area contributed by atoms with E-state index in [-0.39, 0.29) is 5.91 Å². The Balaban J connectivity index is 1.51. The van der Waals surface area contributed by atoms with Gasteiger partial charge in [-0.05, 0) is 43.0 Å². The van der Waals surface area contributed by atoms with Crippen LogP contribution < -0.4 is 5.32 Å². The van der Waals surface area contributed by atoms with Gasteiger partial charge in [0.25, 0.3) is 5.91 Å². The average Bonchev–Trinajstić information content (AvgIpc) is 2.95. The molecule has 0 spiro atoms. The zero-order chi connectivity index (χ0) is 15.4. The number of nitrogens with one attached hydrogen (secondary N) is 1. The van der Waals surface area contributed by atoms with Crippen LogP contribution in [0.1, 0.15) is 22.3 Å².